The third kappa shape index (κ3) is 5.57. The number of hydrogen-bond acceptors (Lipinski definition) is 5. The molecule has 1 amide bonds. The van der Waals surface area contributed by atoms with Crippen LogP contribution in [0.2, 0.25) is 0 Å². The smallest absolute Gasteiger partial charge is 0.379 e. The molecular formula is C19H27F3N4O2. The highest BCUT2D eigenvalue weighted by Crippen LogP contribution is 2.36. The molecule has 0 bridgehead atoms. The first-order chi connectivity index (χ1) is 13.4. The predicted molar refractivity (Wildman–Crippen MR) is 99.1 cm³/mol. The summed E-state index contributed by atoms with van der Waals surface area (Å²) in [5.41, 5.74) is -0.749. The van der Waals surface area contributed by atoms with E-state index in [-0.39, 0.29) is 24.2 Å². The summed E-state index contributed by atoms with van der Waals surface area (Å²) in [6, 6.07) is 2.33. The van der Waals surface area contributed by atoms with Crippen LogP contribution < -0.4 is 10.2 Å². The Labute approximate surface area is 163 Å². The first-order valence-electron chi connectivity index (χ1n) is 9.80. The largest absolute Gasteiger partial charge is 0.419 e. The third-order valence-electron chi connectivity index (χ3n) is 5.24. The molecule has 0 spiro atoms. The van der Waals surface area contributed by atoms with E-state index in [1.807, 2.05) is 0 Å². The molecule has 6 nitrogen and oxygen atoms in total. The van der Waals surface area contributed by atoms with E-state index in [9.17, 15) is 18.0 Å². The minimum Gasteiger partial charge on any atom is -0.379 e. The van der Waals surface area contributed by atoms with Gasteiger partial charge in [-0.05, 0) is 37.9 Å². The number of halogens is 3. The van der Waals surface area contributed by atoms with Crippen molar-refractivity contribution >= 4 is 11.7 Å². The highest BCUT2D eigenvalue weighted by atomic mass is 19.4. The molecule has 0 aliphatic carbocycles. The first kappa shape index (κ1) is 20.9. The number of pyridine rings is 1. The molecule has 3 rings (SSSR count). The Hall–Kier alpha value is -1.87. The molecule has 1 aromatic rings. The van der Waals surface area contributed by atoms with Crippen molar-refractivity contribution in [3.05, 3.63) is 23.9 Å². The second-order valence-corrected chi connectivity index (χ2v) is 7.26. The van der Waals surface area contributed by atoms with Gasteiger partial charge in [-0.25, -0.2) is 4.98 Å². The van der Waals surface area contributed by atoms with Crippen molar-refractivity contribution in [1.82, 2.24) is 15.2 Å². The van der Waals surface area contributed by atoms with Crippen molar-refractivity contribution in [3.8, 4) is 0 Å². The van der Waals surface area contributed by atoms with Gasteiger partial charge in [0.1, 0.15) is 5.82 Å². The van der Waals surface area contributed by atoms with Crippen molar-refractivity contribution in [2.45, 2.75) is 25.4 Å². The second-order valence-electron chi connectivity index (χ2n) is 7.26. The topological polar surface area (TPSA) is 57.7 Å². The third-order valence-corrected chi connectivity index (χ3v) is 5.24. The maximum Gasteiger partial charge on any atom is 0.419 e. The van der Waals surface area contributed by atoms with Crippen LogP contribution in [-0.2, 0) is 15.7 Å². The molecule has 0 aromatic carbocycles. The van der Waals surface area contributed by atoms with Gasteiger partial charge < -0.3 is 15.0 Å². The van der Waals surface area contributed by atoms with E-state index in [2.05, 4.69) is 15.2 Å². The number of carbonyl (C=O) groups excluding carboxylic acids is 1. The fourth-order valence-electron chi connectivity index (χ4n) is 3.74. The summed E-state index contributed by atoms with van der Waals surface area (Å²) >= 11 is 0. The fraction of sp³-hybridized carbons (Fsp3) is 0.684. The van der Waals surface area contributed by atoms with Crippen LogP contribution in [0.25, 0.3) is 0 Å². The lowest BCUT2D eigenvalue weighted by molar-refractivity contribution is -0.137. The number of piperidine rings is 1. The van der Waals surface area contributed by atoms with Crippen LogP contribution in [0.15, 0.2) is 18.3 Å². The van der Waals surface area contributed by atoms with Gasteiger partial charge in [-0.1, -0.05) is 0 Å². The van der Waals surface area contributed by atoms with Crippen molar-refractivity contribution in [1.29, 1.82) is 0 Å². The number of anilines is 1. The minimum atomic E-state index is -4.46. The summed E-state index contributed by atoms with van der Waals surface area (Å²) in [6.07, 6.45) is -0.904. The molecule has 1 unspecified atom stereocenters. The molecule has 1 N–H and O–H groups in total. The second kappa shape index (κ2) is 9.56. The van der Waals surface area contributed by atoms with E-state index < -0.39 is 11.7 Å². The Kier molecular flexibility index (Phi) is 7.12. The molecule has 2 saturated heterocycles. The van der Waals surface area contributed by atoms with Crippen molar-refractivity contribution in [2.24, 2.45) is 5.92 Å². The Balaban J connectivity index is 1.50. The van der Waals surface area contributed by atoms with Gasteiger partial charge >= 0.3 is 6.18 Å². The summed E-state index contributed by atoms with van der Waals surface area (Å²) in [5.74, 6) is -0.490. The molecule has 9 heteroatoms. The SMILES string of the molecule is O=C(NCCCN1CCOCC1)C1CCCN(c2ncccc2C(F)(F)F)C1. The average Bonchev–Trinajstić information content (AvgIpc) is 2.71. The van der Waals surface area contributed by atoms with Gasteiger partial charge in [0.2, 0.25) is 5.91 Å². The summed E-state index contributed by atoms with van der Waals surface area (Å²) in [5, 5.41) is 2.94. The Morgan fingerprint density at radius 1 is 1.29 bits per heavy atom. The number of ether oxygens (including phenoxy) is 1. The van der Waals surface area contributed by atoms with E-state index in [0.29, 0.717) is 25.9 Å². The van der Waals surface area contributed by atoms with E-state index in [1.54, 1.807) is 4.90 Å². The number of aromatic nitrogens is 1. The maximum absolute atomic E-state index is 13.3. The normalized spacial score (nSPS) is 21.5. The lowest BCUT2D eigenvalue weighted by atomic mass is 9.96. The number of rotatable bonds is 6. The lowest BCUT2D eigenvalue weighted by Crippen LogP contribution is -2.44. The van der Waals surface area contributed by atoms with Gasteiger partial charge in [-0.2, -0.15) is 13.2 Å². The molecule has 0 radical (unpaired) electrons. The molecule has 0 saturated carbocycles. The van der Waals surface area contributed by atoms with E-state index in [0.717, 1.165) is 45.3 Å². The highest BCUT2D eigenvalue weighted by Gasteiger charge is 2.37. The number of morpholine rings is 1. The van der Waals surface area contributed by atoms with Crippen LogP contribution >= 0.6 is 0 Å². The van der Waals surface area contributed by atoms with Crippen LogP contribution in [0.5, 0.6) is 0 Å². The number of hydrogen-bond donors (Lipinski definition) is 1. The lowest BCUT2D eigenvalue weighted by Gasteiger charge is -2.34. The zero-order chi connectivity index (χ0) is 20.0. The van der Waals surface area contributed by atoms with Crippen LogP contribution in [0.3, 0.4) is 0 Å². The monoisotopic (exact) mass is 400 g/mol. The van der Waals surface area contributed by atoms with Crippen LogP contribution in [0, 0.1) is 5.92 Å². The molecular weight excluding hydrogens is 373 g/mol. The number of alkyl halides is 3. The first-order valence-corrected chi connectivity index (χ1v) is 9.80. The van der Waals surface area contributed by atoms with Gasteiger partial charge in [-0.15, -0.1) is 0 Å². The molecule has 1 aromatic heterocycles. The summed E-state index contributed by atoms with van der Waals surface area (Å²) in [7, 11) is 0. The Morgan fingerprint density at radius 3 is 2.82 bits per heavy atom. The van der Waals surface area contributed by atoms with Crippen LogP contribution in [-0.4, -0.2) is 68.3 Å². The number of nitrogens with one attached hydrogen (secondary N) is 1. The Morgan fingerprint density at radius 2 is 2.07 bits per heavy atom. The maximum atomic E-state index is 13.3. The number of amides is 1. The molecule has 156 valence electrons. The zero-order valence-electron chi connectivity index (χ0n) is 15.9. The summed E-state index contributed by atoms with van der Waals surface area (Å²) in [6.45, 7) is 5.54. The van der Waals surface area contributed by atoms with E-state index >= 15 is 0 Å². The highest BCUT2D eigenvalue weighted by molar-refractivity contribution is 5.79. The van der Waals surface area contributed by atoms with Gasteiger partial charge in [0.15, 0.2) is 0 Å². The van der Waals surface area contributed by atoms with Crippen molar-refractivity contribution in [2.75, 3.05) is 57.4 Å². The van der Waals surface area contributed by atoms with Crippen molar-refractivity contribution in [3.63, 3.8) is 0 Å². The average molecular weight is 400 g/mol. The fourth-order valence-corrected chi connectivity index (χ4v) is 3.74. The zero-order valence-corrected chi connectivity index (χ0v) is 15.9. The van der Waals surface area contributed by atoms with Gasteiger partial charge in [-0.3, -0.25) is 9.69 Å². The van der Waals surface area contributed by atoms with Crippen LogP contribution in [0.1, 0.15) is 24.8 Å². The van der Waals surface area contributed by atoms with E-state index in [4.69, 9.17) is 4.74 Å². The quantitative estimate of drug-likeness (QED) is 0.742. The van der Waals surface area contributed by atoms with Crippen molar-refractivity contribution < 1.29 is 22.7 Å². The number of nitrogens with zero attached hydrogens (tertiary/aromatic N) is 3. The predicted octanol–water partition coefficient (Wildman–Crippen LogP) is 2.16. The molecule has 2 fully saturated rings. The molecule has 3 heterocycles. The molecule has 1 atom stereocenters. The van der Waals surface area contributed by atoms with Gasteiger partial charge in [0.05, 0.1) is 24.7 Å². The summed E-state index contributed by atoms with van der Waals surface area (Å²) in [4.78, 5) is 20.3. The van der Waals surface area contributed by atoms with Crippen LogP contribution in [0.4, 0.5) is 19.0 Å². The molecule has 2 aliphatic rings. The minimum absolute atomic E-state index is 0.0835. The molecule has 2 aliphatic heterocycles. The standard InChI is InChI=1S/C19H27F3N4O2/c20-19(21,22)16-5-1-6-23-17(16)26-9-2-4-15(14-26)18(27)24-7-3-8-25-10-12-28-13-11-25/h1,5-6,15H,2-4,7-14H2,(H,24,27). The number of carbonyl (C=O) groups is 1. The Bertz CT molecular complexity index is 650. The van der Waals surface area contributed by atoms with Gasteiger partial charge in [0, 0.05) is 38.9 Å². The summed E-state index contributed by atoms with van der Waals surface area (Å²) < 4.78 is 45.1. The van der Waals surface area contributed by atoms with E-state index in [1.165, 1.54) is 12.3 Å². The van der Waals surface area contributed by atoms with Gasteiger partial charge in [0.25, 0.3) is 0 Å². The molecule has 28 heavy (non-hydrogen) atoms.